The van der Waals surface area contributed by atoms with Gasteiger partial charge in [-0.1, -0.05) is 0 Å². The van der Waals surface area contributed by atoms with Crippen molar-refractivity contribution in [3.63, 3.8) is 0 Å². The second-order valence-corrected chi connectivity index (χ2v) is 6.80. The van der Waals surface area contributed by atoms with Gasteiger partial charge in [0, 0.05) is 0 Å². The summed E-state index contributed by atoms with van der Waals surface area (Å²) in [6.07, 6.45) is -4.12. The number of ether oxygens (including phenoxy) is 2. The fourth-order valence-corrected chi connectivity index (χ4v) is 2.90. The molecule has 0 saturated carbocycles. The van der Waals surface area contributed by atoms with E-state index >= 15 is 0 Å². The van der Waals surface area contributed by atoms with Crippen LogP contribution in [-0.4, -0.2) is 48.2 Å². The van der Waals surface area contributed by atoms with E-state index in [-0.39, 0.29) is 12.7 Å². The minimum absolute atomic E-state index is 0.178. The number of halogens is 1. The van der Waals surface area contributed by atoms with Crippen molar-refractivity contribution in [2.75, 3.05) is 6.61 Å². The molecule has 20 heavy (non-hydrogen) atoms. The third-order valence-corrected chi connectivity index (χ3v) is 3.86. The van der Waals surface area contributed by atoms with E-state index in [0.717, 1.165) is 0 Å². The molecule has 1 aliphatic rings. The van der Waals surface area contributed by atoms with Gasteiger partial charge in [-0.25, -0.2) is 8.96 Å². The molecule has 0 aromatic carbocycles. The molecule has 1 aliphatic heterocycles. The third-order valence-electron chi connectivity index (χ3n) is 2.69. The molecule has 1 N–H and O–H groups in total. The molecular weight excluding hydrogens is 290 g/mol. The molecule has 0 aromatic heterocycles. The zero-order chi connectivity index (χ0) is 15.5. The van der Waals surface area contributed by atoms with Crippen LogP contribution in [0.4, 0.5) is 4.39 Å². The van der Waals surface area contributed by atoms with Crippen molar-refractivity contribution in [2.24, 2.45) is 0 Å². The maximum atomic E-state index is 14.0. The van der Waals surface area contributed by atoms with Crippen LogP contribution in [0.1, 0.15) is 34.6 Å². The van der Waals surface area contributed by atoms with Gasteiger partial charge < -0.3 is 14.4 Å². The quantitative estimate of drug-likeness (QED) is 0.728. The number of hydrogen-bond acceptors (Lipinski definition) is 5. The minimum atomic E-state index is -4.16. The van der Waals surface area contributed by atoms with Crippen LogP contribution in [0.3, 0.4) is 0 Å². The van der Waals surface area contributed by atoms with Crippen LogP contribution in [0.2, 0.25) is 0 Å². The Morgan fingerprint density at radius 1 is 1.30 bits per heavy atom. The highest BCUT2D eigenvalue weighted by molar-refractivity contribution is 7.47. The van der Waals surface area contributed by atoms with Crippen LogP contribution in [-0.2, 0) is 23.1 Å². The zero-order valence-corrected chi connectivity index (χ0v) is 13.4. The van der Waals surface area contributed by atoms with E-state index in [1.165, 1.54) is 0 Å². The topological polar surface area (TPSA) is 74.2 Å². The lowest BCUT2D eigenvalue weighted by atomic mass is 10.1. The molecule has 0 aromatic rings. The lowest BCUT2D eigenvalue weighted by molar-refractivity contribution is -0.0697. The van der Waals surface area contributed by atoms with E-state index in [4.69, 9.17) is 18.5 Å². The van der Waals surface area contributed by atoms with Gasteiger partial charge in [0.05, 0.1) is 24.9 Å². The fourth-order valence-electron chi connectivity index (χ4n) is 1.98. The van der Waals surface area contributed by atoms with Crippen molar-refractivity contribution in [1.82, 2.24) is 0 Å². The highest BCUT2D eigenvalue weighted by Crippen LogP contribution is 2.45. The van der Waals surface area contributed by atoms with E-state index in [1.54, 1.807) is 34.6 Å². The molecule has 6 nitrogen and oxygen atoms in total. The summed E-state index contributed by atoms with van der Waals surface area (Å²) in [5.74, 6) is 0. The summed E-state index contributed by atoms with van der Waals surface area (Å²) in [4.78, 5) is 9.47. The third kappa shape index (κ3) is 5.39. The molecule has 0 amide bonds. The first-order chi connectivity index (χ1) is 9.12. The standard InChI is InChI=1S/C12H24FO6P/c1-7(2)17-12-10(18-9(5)11(12)13)6-16-20(14,15)19-8(3)4/h7-12H,6H2,1-5H3,(H,14,15)/t9-,10+,11+,12?/m0/s1. The van der Waals surface area contributed by atoms with Crippen LogP contribution in [0.5, 0.6) is 0 Å². The zero-order valence-electron chi connectivity index (χ0n) is 12.5. The van der Waals surface area contributed by atoms with Gasteiger partial charge in [-0.3, -0.25) is 9.05 Å². The molecule has 5 atom stereocenters. The second-order valence-electron chi connectivity index (χ2n) is 5.39. The Kier molecular flexibility index (Phi) is 6.57. The lowest BCUT2D eigenvalue weighted by Gasteiger charge is -2.23. The van der Waals surface area contributed by atoms with Gasteiger partial charge in [-0.2, -0.15) is 0 Å². The van der Waals surface area contributed by atoms with Gasteiger partial charge in [0.2, 0.25) is 0 Å². The summed E-state index contributed by atoms with van der Waals surface area (Å²) in [7, 11) is -4.16. The lowest BCUT2D eigenvalue weighted by Crippen LogP contribution is -2.36. The maximum absolute atomic E-state index is 14.0. The Balaban J connectivity index is 2.59. The second kappa shape index (κ2) is 7.29. The molecule has 2 unspecified atom stereocenters. The summed E-state index contributed by atoms with van der Waals surface area (Å²) in [5.41, 5.74) is 0. The van der Waals surface area contributed by atoms with Gasteiger partial charge >= 0.3 is 7.82 Å². The monoisotopic (exact) mass is 314 g/mol. The highest BCUT2D eigenvalue weighted by atomic mass is 31.2. The Bertz CT molecular complexity index is 351. The summed E-state index contributed by atoms with van der Waals surface area (Å²) in [6, 6.07) is 0. The first-order valence-corrected chi connectivity index (χ1v) is 8.22. The van der Waals surface area contributed by atoms with E-state index in [2.05, 4.69) is 0 Å². The van der Waals surface area contributed by atoms with E-state index in [1.807, 2.05) is 0 Å². The predicted octanol–water partition coefficient (Wildman–Crippen LogP) is 2.45. The minimum Gasteiger partial charge on any atom is -0.370 e. The molecule has 0 bridgehead atoms. The number of phosphoric acid groups is 1. The van der Waals surface area contributed by atoms with Crippen molar-refractivity contribution in [3.05, 3.63) is 0 Å². The molecule has 0 radical (unpaired) electrons. The average Bonchev–Trinajstić information content (AvgIpc) is 2.52. The van der Waals surface area contributed by atoms with Crippen molar-refractivity contribution < 1.29 is 32.4 Å². The Hall–Kier alpha value is -0.0400. The smallest absolute Gasteiger partial charge is 0.370 e. The normalized spacial score (nSPS) is 33.9. The molecule has 0 spiro atoms. The van der Waals surface area contributed by atoms with Crippen LogP contribution >= 0.6 is 7.82 Å². The van der Waals surface area contributed by atoms with Crippen LogP contribution in [0.15, 0.2) is 0 Å². The summed E-state index contributed by atoms with van der Waals surface area (Å²) >= 11 is 0. The fraction of sp³-hybridized carbons (Fsp3) is 1.00. The molecule has 1 heterocycles. The van der Waals surface area contributed by atoms with E-state index in [9.17, 15) is 13.8 Å². The Morgan fingerprint density at radius 2 is 1.90 bits per heavy atom. The predicted molar refractivity (Wildman–Crippen MR) is 71.2 cm³/mol. The number of alkyl halides is 1. The Labute approximate surface area is 119 Å². The maximum Gasteiger partial charge on any atom is 0.472 e. The number of hydrogen-bond donors (Lipinski definition) is 1. The van der Waals surface area contributed by atoms with Crippen LogP contribution in [0, 0.1) is 0 Å². The van der Waals surface area contributed by atoms with Crippen LogP contribution in [0.25, 0.3) is 0 Å². The SMILES string of the molecule is CC(C)OC1[C@@H](COP(=O)(O)OC(C)C)O[C@@H](C)[C@H]1F. The van der Waals surface area contributed by atoms with Crippen molar-refractivity contribution in [3.8, 4) is 0 Å². The van der Waals surface area contributed by atoms with Crippen LogP contribution < -0.4 is 0 Å². The average molecular weight is 314 g/mol. The van der Waals surface area contributed by atoms with Gasteiger partial charge in [0.25, 0.3) is 0 Å². The molecule has 1 rings (SSSR count). The van der Waals surface area contributed by atoms with Crippen molar-refractivity contribution in [1.29, 1.82) is 0 Å². The van der Waals surface area contributed by atoms with Gasteiger partial charge in [0.1, 0.15) is 12.2 Å². The van der Waals surface area contributed by atoms with E-state index in [0.29, 0.717) is 0 Å². The number of phosphoric ester groups is 1. The van der Waals surface area contributed by atoms with Gasteiger partial charge in [-0.05, 0) is 34.6 Å². The summed E-state index contributed by atoms with van der Waals surface area (Å²) < 4.78 is 46.0. The molecular formula is C12H24FO6P. The van der Waals surface area contributed by atoms with Gasteiger partial charge in [0.15, 0.2) is 6.17 Å². The largest absolute Gasteiger partial charge is 0.472 e. The van der Waals surface area contributed by atoms with Gasteiger partial charge in [-0.15, -0.1) is 0 Å². The number of rotatable bonds is 7. The molecule has 0 aliphatic carbocycles. The summed E-state index contributed by atoms with van der Waals surface area (Å²) in [5, 5.41) is 0. The molecule has 8 heteroatoms. The first-order valence-electron chi connectivity index (χ1n) is 6.73. The molecule has 1 saturated heterocycles. The Morgan fingerprint density at radius 3 is 2.40 bits per heavy atom. The highest BCUT2D eigenvalue weighted by Gasteiger charge is 2.45. The molecule has 1 fully saturated rings. The van der Waals surface area contributed by atoms with Crippen molar-refractivity contribution in [2.45, 2.75) is 71.3 Å². The molecule has 120 valence electrons. The summed E-state index contributed by atoms with van der Waals surface area (Å²) in [6.45, 7) is 8.12. The van der Waals surface area contributed by atoms with E-state index < -0.39 is 38.4 Å². The van der Waals surface area contributed by atoms with Crippen molar-refractivity contribution >= 4 is 7.82 Å². The first kappa shape index (κ1) is 18.0.